The van der Waals surface area contributed by atoms with Gasteiger partial charge in [0, 0.05) is 11.5 Å². The van der Waals surface area contributed by atoms with Crippen LogP contribution in [0.15, 0.2) is 24.3 Å². The van der Waals surface area contributed by atoms with Gasteiger partial charge in [0.15, 0.2) is 0 Å². The first-order chi connectivity index (χ1) is 8.46. The molecular formula is C14H20FNO2. The Morgan fingerprint density at radius 3 is 2.33 bits per heavy atom. The second kappa shape index (κ2) is 5.96. The third-order valence-electron chi connectivity index (χ3n) is 3.67. The summed E-state index contributed by atoms with van der Waals surface area (Å²) in [5.74, 6) is -1.21. The van der Waals surface area contributed by atoms with Crippen molar-refractivity contribution in [2.75, 3.05) is 0 Å². The molecule has 0 amide bonds. The van der Waals surface area contributed by atoms with Crippen LogP contribution in [-0.2, 0) is 10.2 Å². The van der Waals surface area contributed by atoms with Crippen molar-refractivity contribution in [3.8, 4) is 0 Å². The van der Waals surface area contributed by atoms with Gasteiger partial charge in [-0.2, -0.15) is 0 Å². The van der Waals surface area contributed by atoms with E-state index >= 15 is 0 Å². The monoisotopic (exact) mass is 253 g/mol. The highest BCUT2D eigenvalue weighted by Gasteiger charge is 2.38. The number of carbonyl (C=O) groups is 1. The number of carboxylic acid groups (broad SMARTS) is 1. The Hall–Kier alpha value is -1.42. The second-order valence-electron chi connectivity index (χ2n) is 4.60. The Morgan fingerprint density at radius 1 is 1.39 bits per heavy atom. The predicted molar refractivity (Wildman–Crippen MR) is 68.9 cm³/mol. The standard InChI is InChI=1S/C14H20FNO2/c1-3-12(16)14(4-2,9-13(17)18)10-5-7-11(15)8-6-10/h5-8,12H,3-4,9,16H2,1-2H3,(H,17,18). The zero-order valence-corrected chi connectivity index (χ0v) is 10.8. The van der Waals surface area contributed by atoms with Crippen molar-refractivity contribution in [1.29, 1.82) is 0 Å². The molecule has 100 valence electrons. The average molecular weight is 253 g/mol. The van der Waals surface area contributed by atoms with Crippen molar-refractivity contribution in [2.45, 2.75) is 44.6 Å². The summed E-state index contributed by atoms with van der Waals surface area (Å²) >= 11 is 0. The van der Waals surface area contributed by atoms with E-state index in [1.807, 2.05) is 13.8 Å². The normalized spacial score (nSPS) is 16.0. The smallest absolute Gasteiger partial charge is 0.304 e. The van der Waals surface area contributed by atoms with Crippen LogP contribution in [0.25, 0.3) is 0 Å². The van der Waals surface area contributed by atoms with Crippen molar-refractivity contribution in [3.63, 3.8) is 0 Å². The molecule has 2 atom stereocenters. The molecule has 4 heteroatoms. The van der Waals surface area contributed by atoms with Gasteiger partial charge < -0.3 is 10.8 Å². The van der Waals surface area contributed by atoms with Crippen LogP contribution in [-0.4, -0.2) is 17.1 Å². The van der Waals surface area contributed by atoms with Crippen LogP contribution in [0.5, 0.6) is 0 Å². The van der Waals surface area contributed by atoms with E-state index in [-0.39, 0.29) is 18.3 Å². The van der Waals surface area contributed by atoms with Gasteiger partial charge in [0.05, 0.1) is 6.42 Å². The molecule has 2 unspecified atom stereocenters. The molecule has 0 aliphatic rings. The van der Waals surface area contributed by atoms with Crippen LogP contribution in [0.1, 0.15) is 38.7 Å². The van der Waals surface area contributed by atoms with Crippen LogP contribution in [0.2, 0.25) is 0 Å². The van der Waals surface area contributed by atoms with Gasteiger partial charge in [-0.15, -0.1) is 0 Å². The van der Waals surface area contributed by atoms with Crippen LogP contribution in [0.3, 0.4) is 0 Å². The summed E-state index contributed by atoms with van der Waals surface area (Å²) in [5.41, 5.74) is 6.29. The minimum atomic E-state index is -0.884. The molecule has 0 aromatic heterocycles. The summed E-state index contributed by atoms with van der Waals surface area (Å²) in [7, 11) is 0. The van der Waals surface area contributed by atoms with Gasteiger partial charge in [0.2, 0.25) is 0 Å². The average Bonchev–Trinajstić information content (AvgIpc) is 2.35. The van der Waals surface area contributed by atoms with Crippen molar-refractivity contribution < 1.29 is 14.3 Å². The lowest BCUT2D eigenvalue weighted by Crippen LogP contribution is -2.46. The number of nitrogens with two attached hydrogens (primary N) is 1. The van der Waals surface area contributed by atoms with Gasteiger partial charge in [-0.1, -0.05) is 26.0 Å². The molecule has 0 bridgehead atoms. The first kappa shape index (κ1) is 14.6. The topological polar surface area (TPSA) is 63.3 Å². The van der Waals surface area contributed by atoms with Gasteiger partial charge in [-0.3, -0.25) is 4.79 Å². The van der Waals surface area contributed by atoms with Crippen LogP contribution in [0, 0.1) is 5.82 Å². The molecule has 0 heterocycles. The van der Waals surface area contributed by atoms with E-state index in [9.17, 15) is 9.18 Å². The Balaban J connectivity index is 3.24. The molecular weight excluding hydrogens is 233 g/mol. The molecule has 0 spiro atoms. The van der Waals surface area contributed by atoms with E-state index < -0.39 is 11.4 Å². The van der Waals surface area contributed by atoms with Crippen LogP contribution < -0.4 is 5.73 Å². The molecule has 0 aliphatic heterocycles. The highest BCUT2D eigenvalue weighted by molar-refractivity contribution is 5.69. The van der Waals surface area contributed by atoms with E-state index in [4.69, 9.17) is 10.8 Å². The van der Waals surface area contributed by atoms with E-state index in [2.05, 4.69) is 0 Å². The molecule has 0 saturated heterocycles. The maximum absolute atomic E-state index is 13.0. The molecule has 0 saturated carbocycles. The zero-order valence-electron chi connectivity index (χ0n) is 10.8. The van der Waals surface area contributed by atoms with Crippen molar-refractivity contribution in [1.82, 2.24) is 0 Å². The fourth-order valence-electron chi connectivity index (χ4n) is 2.48. The van der Waals surface area contributed by atoms with Crippen molar-refractivity contribution in [2.24, 2.45) is 5.73 Å². The van der Waals surface area contributed by atoms with Gasteiger partial charge in [0.1, 0.15) is 5.82 Å². The Labute approximate surface area is 107 Å². The molecule has 1 aromatic carbocycles. The minimum Gasteiger partial charge on any atom is -0.481 e. The predicted octanol–water partition coefficient (Wildman–Crippen LogP) is 2.69. The van der Waals surface area contributed by atoms with E-state index in [1.54, 1.807) is 12.1 Å². The minimum absolute atomic E-state index is 0.0376. The van der Waals surface area contributed by atoms with Gasteiger partial charge in [-0.25, -0.2) is 4.39 Å². The summed E-state index contributed by atoms with van der Waals surface area (Å²) in [4.78, 5) is 11.1. The third-order valence-corrected chi connectivity index (χ3v) is 3.67. The molecule has 3 N–H and O–H groups in total. The lowest BCUT2D eigenvalue weighted by molar-refractivity contribution is -0.138. The number of aliphatic carboxylic acids is 1. The van der Waals surface area contributed by atoms with E-state index in [0.29, 0.717) is 12.8 Å². The maximum atomic E-state index is 13.0. The second-order valence-corrected chi connectivity index (χ2v) is 4.60. The van der Waals surface area contributed by atoms with Crippen LogP contribution >= 0.6 is 0 Å². The zero-order chi connectivity index (χ0) is 13.8. The molecule has 1 aromatic rings. The molecule has 1 rings (SSSR count). The molecule has 0 radical (unpaired) electrons. The number of hydrogen-bond acceptors (Lipinski definition) is 2. The van der Waals surface area contributed by atoms with E-state index in [0.717, 1.165) is 5.56 Å². The number of carboxylic acids is 1. The molecule has 18 heavy (non-hydrogen) atoms. The fraction of sp³-hybridized carbons (Fsp3) is 0.500. The van der Waals surface area contributed by atoms with Gasteiger partial charge in [0.25, 0.3) is 0 Å². The highest BCUT2D eigenvalue weighted by atomic mass is 19.1. The van der Waals surface area contributed by atoms with Crippen molar-refractivity contribution >= 4 is 5.97 Å². The number of halogens is 1. The van der Waals surface area contributed by atoms with Gasteiger partial charge in [-0.05, 0) is 30.5 Å². The Kier molecular flexibility index (Phi) is 4.84. The number of benzene rings is 1. The molecule has 3 nitrogen and oxygen atoms in total. The lowest BCUT2D eigenvalue weighted by Gasteiger charge is -2.37. The quantitative estimate of drug-likeness (QED) is 0.819. The first-order valence-corrected chi connectivity index (χ1v) is 6.19. The molecule has 0 aliphatic carbocycles. The SMILES string of the molecule is CCC(N)C(CC)(CC(=O)O)c1ccc(F)cc1. The fourth-order valence-corrected chi connectivity index (χ4v) is 2.48. The van der Waals surface area contributed by atoms with E-state index in [1.165, 1.54) is 12.1 Å². The summed E-state index contributed by atoms with van der Waals surface area (Å²) < 4.78 is 13.0. The maximum Gasteiger partial charge on any atom is 0.304 e. The summed E-state index contributed by atoms with van der Waals surface area (Å²) in [5, 5.41) is 9.11. The molecule has 0 fully saturated rings. The Bertz CT molecular complexity index is 405. The highest BCUT2D eigenvalue weighted by Crippen LogP contribution is 2.36. The number of hydrogen-bond donors (Lipinski definition) is 2. The van der Waals surface area contributed by atoms with Gasteiger partial charge >= 0.3 is 5.97 Å². The third kappa shape index (κ3) is 2.88. The number of rotatable bonds is 6. The Morgan fingerprint density at radius 2 is 1.94 bits per heavy atom. The lowest BCUT2D eigenvalue weighted by atomic mass is 9.69. The first-order valence-electron chi connectivity index (χ1n) is 6.19. The summed E-state index contributed by atoms with van der Waals surface area (Å²) in [6.07, 6.45) is 1.25. The van der Waals surface area contributed by atoms with Crippen LogP contribution in [0.4, 0.5) is 4.39 Å². The largest absolute Gasteiger partial charge is 0.481 e. The summed E-state index contributed by atoms with van der Waals surface area (Å²) in [6, 6.07) is 5.71. The summed E-state index contributed by atoms with van der Waals surface area (Å²) in [6.45, 7) is 3.85. The van der Waals surface area contributed by atoms with Crippen molar-refractivity contribution in [3.05, 3.63) is 35.6 Å².